The number of benzene rings is 1. The first-order valence-corrected chi connectivity index (χ1v) is 8.07. The fourth-order valence-electron chi connectivity index (χ4n) is 2.90. The van der Waals surface area contributed by atoms with Gasteiger partial charge in [-0.25, -0.2) is 4.98 Å². The Labute approximate surface area is 122 Å². The van der Waals surface area contributed by atoms with Crippen LogP contribution in [-0.2, 0) is 0 Å². The second-order valence-corrected chi connectivity index (χ2v) is 6.15. The van der Waals surface area contributed by atoms with Crippen molar-refractivity contribution in [3.05, 3.63) is 35.8 Å². The second-order valence-electron chi connectivity index (χ2n) is 5.31. The Balaban J connectivity index is 1.70. The van der Waals surface area contributed by atoms with Crippen molar-refractivity contribution in [2.24, 2.45) is 0 Å². The van der Waals surface area contributed by atoms with Gasteiger partial charge in [-0.3, -0.25) is 0 Å². The van der Waals surface area contributed by atoms with Crippen LogP contribution in [0.5, 0.6) is 0 Å². The van der Waals surface area contributed by atoms with Gasteiger partial charge in [0, 0.05) is 41.1 Å². The number of hydrogen-bond donors (Lipinski definition) is 1. The lowest BCUT2D eigenvalue weighted by atomic mass is 10.1. The van der Waals surface area contributed by atoms with Gasteiger partial charge in [-0.15, -0.1) is 11.3 Å². The number of thiazole rings is 1. The van der Waals surface area contributed by atoms with Crippen LogP contribution in [0.3, 0.4) is 0 Å². The van der Waals surface area contributed by atoms with Crippen molar-refractivity contribution in [3.8, 4) is 11.3 Å². The predicted octanol–water partition coefficient (Wildman–Crippen LogP) is 4.28. The van der Waals surface area contributed by atoms with E-state index in [1.165, 1.54) is 40.9 Å². The number of hydrogen-bond acceptors (Lipinski definition) is 3. The van der Waals surface area contributed by atoms with E-state index in [9.17, 15) is 0 Å². The zero-order valence-corrected chi connectivity index (χ0v) is 12.1. The number of aromatic amines is 1. The van der Waals surface area contributed by atoms with E-state index < -0.39 is 0 Å². The zero-order valence-electron chi connectivity index (χ0n) is 11.3. The van der Waals surface area contributed by atoms with Crippen LogP contribution in [-0.4, -0.2) is 23.1 Å². The number of fused-ring (bicyclic) bond motifs is 1. The number of aromatic nitrogens is 2. The van der Waals surface area contributed by atoms with Crippen LogP contribution in [0.4, 0.5) is 5.13 Å². The maximum absolute atomic E-state index is 4.85. The van der Waals surface area contributed by atoms with Gasteiger partial charge in [0.15, 0.2) is 5.13 Å². The van der Waals surface area contributed by atoms with Gasteiger partial charge in [-0.2, -0.15) is 0 Å². The zero-order chi connectivity index (χ0) is 13.4. The summed E-state index contributed by atoms with van der Waals surface area (Å²) < 4.78 is 0. The Morgan fingerprint density at radius 1 is 1.10 bits per heavy atom. The van der Waals surface area contributed by atoms with Gasteiger partial charge in [0.1, 0.15) is 0 Å². The highest BCUT2D eigenvalue weighted by atomic mass is 32.1. The lowest BCUT2D eigenvalue weighted by Crippen LogP contribution is -2.29. The van der Waals surface area contributed by atoms with E-state index in [4.69, 9.17) is 4.98 Å². The van der Waals surface area contributed by atoms with E-state index in [0.717, 1.165) is 18.8 Å². The Morgan fingerprint density at radius 3 is 2.85 bits per heavy atom. The molecule has 4 rings (SSSR count). The molecule has 3 heterocycles. The lowest BCUT2D eigenvalue weighted by Gasteiger charge is -2.25. The summed E-state index contributed by atoms with van der Waals surface area (Å²) in [5, 5.41) is 4.60. The standard InChI is InChI=1S/C16H17N3S/c1-4-8-19(9-5-1)16-18-15(11-20-16)13-10-17-14-7-3-2-6-12(13)14/h2-3,6-7,10-11,17H,1,4-5,8-9H2. The molecular formula is C16H17N3S. The minimum Gasteiger partial charge on any atom is -0.360 e. The van der Waals surface area contributed by atoms with Crippen molar-refractivity contribution in [1.82, 2.24) is 9.97 Å². The molecule has 1 saturated heterocycles. The number of H-pyrrole nitrogens is 1. The van der Waals surface area contributed by atoms with Crippen molar-refractivity contribution in [3.63, 3.8) is 0 Å². The molecule has 1 fully saturated rings. The number of nitrogens with zero attached hydrogens (tertiary/aromatic N) is 2. The molecule has 1 aliphatic heterocycles. The average Bonchev–Trinajstić information content (AvgIpc) is 3.14. The van der Waals surface area contributed by atoms with Crippen molar-refractivity contribution in [2.75, 3.05) is 18.0 Å². The second kappa shape index (κ2) is 4.94. The summed E-state index contributed by atoms with van der Waals surface area (Å²) in [4.78, 5) is 10.6. The first-order chi connectivity index (χ1) is 9.92. The van der Waals surface area contributed by atoms with Crippen molar-refractivity contribution in [2.45, 2.75) is 19.3 Å². The molecule has 1 aromatic carbocycles. The molecule has 3 aromatic rings. The fraction of sp³-hybridized carbons (Fsp3) is 0.312. The van der Waals surface area contributed by atoms with Crippen LogP contribution in [0, 0.1) is 0 Å². The van der Waals surface area contributed by atoms with Gasteiger partial charge in [0.25, 0.3) is 0 Å². The fourth-order valence-corrected chi connectivity index (χ4v) is 3.78. The number of anilines is 1. The molecule has 2 aromatic heterocycles. The molecule has 20 heavy (non-hydrogen) atoms. The summed E-state index contributed by atoms with van der Waals surface area (Å²) in [6.07, 6.45) is 6.01. The Bertz CT molecular complexity index is 722. The van der Waals surface area contributed by atoms with Crippen molar-refractivity contribution in [1.29, 1.82) is 0 Å². The molecule has 1 aliphatic rings. The Hall–Kier alpha value is -1.81. The molecule has 0 amide bonds. The summed E-state index contributed by atoms with van der Waals surface area (Å²) in [6.45, 7) is 2.31. The van der Waals surface area contributed by atoms with Gasteiger partial charge in [0.05, 0.1) is 5.69 Å². The Morgan fingerprint density at radius 2 is 1.95 bits per heavy atom. The van der Waals surface area contributed by atoms with E-state index in [0.29, 0.717) is 0 Å². The monoisotopic (exact) mass is 283 g/mol. The van der Waals surface area contributed by atoms with E-state index in [-0.39, 0.29) is 0 Å². The number of para-hydroxylation sites is 1. The van der Waals surface area contributed by atoms with Gasteiger partial charge >= 0.3 is 0 Å². The Kier molecular flexibility index (Phi) is 2.96. The molecule has 4 heteroatoms. The molecule has 0 aliphatic carbocycles. The normalized spacial score (nSPS) is 15.9. The topological polar surface area (TPSA) is 31.9 Å². The lowest BCUT2D eigenvalue weighted by molar-refractivity contribution is 0.577. The summed E-state index contributed by atoms with van der Waals surface area (Å²) in [5.74, 6) is 0. The minimum atomic E-state index is 1.09. The number of piperidine rings is 1. The summed E-state index contributed by atoms with van der Waals surface area (Å²) in [5.41, 5.74) is 3.48. The van der Waals surface area contributed by atoms with E-state index in [1.54, 1.807) is 11.3 Å². The molecule has 0 radical (unpaired) electrons. The number of nitrogens with one attached hydrogen (secondary N) is 1. The van der Waals surface area contributed by atoms with Crippen LogP contribution in [0.25, 0.3) is 22.2 Å². The van der Waals surface area contributed by atoms with Crippen molar-refractivity contribution >= 4 is 27.4 Å². The van der Waals surface area contributed by atoms with Crippen LogP contribution in [0.15, 0.2) is 35.8 Å². The SMILES string of the molecule is c1ccc2c(-c3csc(N4CCCCC4)n3)c[nH]c2c1. The van der Waals surface area contributed by atoms with Crippen LogP contribution < -0.4 is 4.90 Å². The smallest absolute Gasteiger partial charge is 0.185 e. The molecule has 3 nitrogen and oxygen atoms in total. The maximum Gasteiger partial charge on any atom is 0.185 e. The number of rotatable bonds is 2. The predicted molar refractivity (Wildman–Crippen MR) is 85.5 cm³/mol. The summed E-state index contributed by atoms with van der Waals surface area (Å²) in [6, 6.07) is 8.40. The first kappa shape index (κ1) is 12.0. The van der Waals surface area contributed by atoms with Gasteiger partial charge in [-0.05, 0) is 25.3 Å². The highest BCUT2D eigenvalue weighted by Crippen LogP contribution is 2.33. The van der Waals surface area contributed by atoms with Gasteiger partial charge in [0.2, 0.25) is 0 Å². The molecular weight excluding hydrogens is 266 g/mol. The van der Waals surface area contributed by atoms with Gasteiger partial charge < -0.3 is 9.88 Å². The van der Waals surface area contributed by atoms with E-state index in [2.05, 4.69) is 45.7 Å². The summed E-state index contributed by atoms with van der Waals surface area (Å²) in [7, 11) is 0. The van der Waals surface area contributed by atoms with Crippen molar-refractivity contribution < 1.29 is 0 Å². The molecule has 102 valence electrons. The average molecular weight is 283 g/mol. The minimum absolute atomic E-state index is 1.09. The summed E-state index contributed by atoms with van der Waals surface area (Å²) >= 11 is 1.76. The molecule has 0 spiro atoms. The maximum atomic E-state index is 4.85. The third-order valence-electron chi connectivity index (χ3n) is 3.98. The largest absolute Gasteiger partial charge is 0.360 e. The molecule has 1 N–H and O–H groups in total. The highest BCUT2D eigenvalue weighted by Gasteiger charge is 2.16. The highest BCUT2D eigenvalue weighted by molar-refractivity contribution is 7.14. The third-order valence-corrected chi connectivity index (χ3v) is 4.89. The van der Waals surface area contributed by atoms with Crippen LogP contribution in [0.1, 0.15) is 19.3 Å². The molecule has 0 atom stereocenters. The quantitative estimate of drug-likeness (QED) is 0.761. The van der Waals surface area contributed by atoms with E-state index >= 15 is 0 Å². The van der Waals surface area contributed by atoms with Gasteiger partial charge in [-0.1, -0.05) is 18.2 Å². The van der Waals surface area contributed by atoms with Crippen LogP contribution in [0.2, 0.25) is 0 Å². The molecule has 0 unspecified atom stereocenters. The third kappa shape index (κ3) is 2.00. The first-order valence-electron chi connectivity index (χ1n) is 7.19. The van der Waals surface area contributed by atoms with Crippen LogP contribution >= 0.6 is 11.3 Å². The van der Waals surface area contributed by atoms with E-state index in [1.807, 2.05) is 0 Å². The molecule has 0 bridgehead atoms. The molecule has 0 saturated carbocycles.